The van der Waals surface area contributed by atoms with Crippen LogP contribution in [0.4, 0.5) is 0 Å². The summed E-state index contributed by atoms with van der Waals surface area (Å²) in [6.07, 6.45) is 0. The Bertz CT molecular complexity index is 499. The van der Waals surface area contributed by atoms with Gasteiger partial charge in [-0.15, -0.1) is 10.2 Å². The SMILES string of the molecule is CNCc1nnc(-c2cc(Br)ccc2Br)o1. The molecule has 1 aromatic carbocycles. The molecule has 0 spiro atoms. The summed E-state index contributed by atoms with van der Waals surface area (Å²) in [5.41, 5.74) is 0.879. The van der Waals surface area contributed by atoms with Crippen LogP contribution in [-0.2, 0) is 6.54 Å². The second kappa shape index (κ2) is 5.07. The van der Waals surface area contributed by atoms with Crippen LogP contribution in [0.2, 0.25) is 0 Å². The van der Waals surface area contributed by atoms with Gasteiger partial charge in [-0.05, 0) is 41.2 Å². The zero-order chi connectivity index (χ0) is 11.5. The van der Waals surface area contributed by atoms with E-state index in [4.69, 9.17) is 4.42 Å². The maximum absolute atomic E-state index is 5.51. The van der Waals surface area contributed by atoms with E-state index in [1.165, 1.54) is 0 Å². The van der Waals surface area contributed by atoms with Crippen LogP contribution in [0.25, 0.3) is 11.5 Å². The molecule has 1 aromatic heterocycles. The van der Waals surface area contributed by atoms with Crippen molar-refractivity contribution in [1.29, 1.82) is 0 Å². The molecule has 0 saturated carbocycles. The number of hydrogen-bond donors (Lipinski definition) is 1. The van der Waals surface area contributed by atoms with Gasteiger partial charge in [0.2, 0.25) is 11.8 Å². The number of rotatable bonds is 3. The molecule has 0 aliphatic carbocycles. The molecule has 0 saturated heterocycles. The molecule has 16 heavy (non-hydrogen) atoms. The fraction of sp³-hybridized carbons (Fsp3) is 0.200. The fourth-order valence-electron chi connectivity index (χ4n) is 1.25. The van der Waals surface area contributed by atoms with E-state index in [0.29, 0.717) is 18.3 Å². The summed E-state index contributed by atoms with van der Waals surface area (Å²) >= 11 is 6.86. The Morgan fingerprint density at radius 1 is 1.31 bits per heavy atom. The first-order chi connectivity index (χ1) is 7.70. The fourth-order valence-corrected chi connectivity index (χ4v) is 2.02. The third-order valence-electron chi connectivity index (χ3n) is 1.95. The highest BCUT2D eigenvalue weighted by Crippen LogP contribution is 2.29. The molecule has 0 radical (unpaired) electrons. The Balaban J connectivity index is 2.38. The van der Waals surface area contributed by atoms with Crippen molar-refractivity contribution in [3.05, 3.63) is 33.0 Å². The average molecular weight is 347 g/mol. The predicted molar refractivity (Wildman–Crippen MR) is 67.9 cm³/mol. The lowest BCUT2D eigenvalue weighted by atomic mass is 10.2. The van der Waals surface area contributed by atoms with E-state index < -0.39 is 0 Å². The van der Waals surface area contributed by atoms with Gasteiger partial charge in [0.05, 0.1) is 12.1 Å². The smallest absolute Gasteiger partial charge is 0.248 e. The van der Waals surface area contributed by atoms with Gasteiger partial charge in [-0.25, -0.2) is 0 Å². The second-order valence-electron chi connectivity index (χ2n) is 3.16. The van der Waals surface area contributed by atoms with E-state index in [-0.39, 0.29) is 0 Å². The molecule has 2 aromatic rings. The molecule has 0 aliphatic rings. The monoisotopic (exact) mass is 345 g/mol. The molecule has 0 atom stereocenters. The Labute approximate surface area is 110 Å². The van der Waals surface area contributed by atoms with Gasteiger partial charge in [0.1, 0.15) is 0 Å². The highest BCUT2D eigenvalue weighted by Gasteiger charge is 2.11. The summed E-state index contributed by atoms with van der Waals surface area (Å²) in [5, 5.41) is 10.9. The Kier molecular flexibility index (Phi) is 3.73. The molecular formula is C10H9Br2N3O. The number of nitrogens with one attached hydrogen (secondary N) is 1. The second-order valence-corrected chi connectivity index (χ2v) is 4.93. The van der Waals surface area contributed by atoms with Crippen LogP contribution in [0.5, 0.6) is 0 Å². The van der Waals surface area contributed by atoms with E-state index in [9.17, 15) is 0 Å². The molecule has 0 fully saturated rings. The van der Waals surface area contributed by atoms with Crippen LogP contribution in [-0.4, -0.2) is 17.2 Å². The van der Waals surface area contributed by atoms with Crippen molar-refractivity contribution in [2.75, 3.05) is 7.05 Å². The maximum Gasteiger partial charge on any atom is 0.248 e. The summed E-state index contributed by atoms with van der Waals surface area (Å²) in [7, 11) is 1.83. The van der Waals surface area contributed by atoms with Crippen LogP contribution < -0.4 is 5.32 Å². The van der Waals surface area contributed by atoms with E-state index in [1.807, 2.05) is 25.2 Å². The third kappa shape index (κ3) is 2.50. The Morgan fingerprint density at radius 3 is 2.88 bits per heavy atom. The molecule has 0 amide bonds. The molecular weight excluding hydrogens is 338 g/mol. The highest BCUT2D eigenvalue weighted by molar-refractivity contribution is 9.11. The van der Waals surface area contributed by atoms with Crippen LogP contribution in [0.1, 0.15) is 5.89 Å². The number of aromatic nitrogens is 2. The molecule has 1 N–H and O–H groups in total. The van der Waals surface area contributed by atoms with E-state index in [0.717, 1.165) is 14.5 Å². The molecule has 6 heteroatoms. The first kappa shape index (κ1) is 11.8. The number of nitrogens with zero attached hydrogens (tertiary/aromatic N) is 2. The quantitative estimate of drug-likeness (QED) is 0.928. The lowest BCUT2D eigenvalue weighted by molar-refractivity contribution is 0.490. The summed E-state index contributed by atoms with van der Waals surface area (Å²) < 4.78 is 7.41. The lowest BCUT2D eigenvalue weighted by Crippen LogP contribution is -2.04. The number of benzene rings is 1. The standard InChI is InChI=1S/C10H9Br2N3O/c1-13-5-9-14-15-10(16-9)7-4-6(11)2-3-8(7)12/h2-4,13H,5H2,1H3. The number of halogens is 2. The third-order valence-corrected chi connectivity index (χ3v) is 3.14. The van der Waals surface area contributed by atoms with E-state index in [2.05, 4.69) is 47.4 Å². The molecule has 4 nitrogen and oxygen atoms in total. The van der Waals surface area contributed by atoms with Gasteiger partial charge in [0, 0.05) is 8.95 Å². The minimum absolute atomic E-state index is 0.512. The van der Waals surface area contributed by atoms with Crippen molar-refractivity contribution in [2.24, 2.45) is 0 Å². The van der Waals surface area contributed by atoms with Crippen LogP contribution in [0, 0.1) is 0 Å². The van der Waals surface area contributed by atoms with Crippen LogP contribution in [0.3, 0.4) is 0 Å². The van der Waals surface area contributed by atoms with Crippen LogP contribution >= 0.6 is 31.9 Å². The summed E-state index contributed by atoms with van der Waals surface area (Å²) in [5.74, 6) is 1.09. The van der Waals surface area contributed by atoms with Gasteiger partial charge in [-0.3, -0.25) is 0 Å². The van der Waals surface area contributed by atoms with Crippen molar-refractivity contribution < 1.29 is 4.42 Å². The number of hydrogen-bond acceptors (Lipinski definition) is 4. The van der Waals surface area contributed by atoms with Gasteiger partial charge in [0.15, 0.2) is 0 Å². The van der Waals surface area contributed by atoms with E-state index in [1.54, 1.807) is 0 Å². The van der Waals surface area contributed by atoms with Gasteiger partial charge in [-0.1, -0.05) is 15.9 Å². The Hall–Kier alpha value is -0.720. The van der Waals surface area contributed by atoms with Crippen LogP contribution in [0.15, 0.2) is 31.6 Å². The molecule has 0 bridgehead atoms. The van der Waals surface area contributed by atoms with Crippen molar-refractivity contribution in [3.63, 3.8) is 0 Å². The van der Waals surface area contributed by atoms with Crippen molar-refractivity contribution >= 4 is 31.9 Å². The Morgan fingerprint density at radius 2 is 2.12 bits per heavy atom. The van der Waals surface area contributed by atoms with Gasteiger partial charge in [0.25, 0.3) is 0 Å². The summed E-state index contributed by atoms with van der Waals surface area (Å²) in [6.45, 7) is 0.568. The largest absolute Gasteiger partial charge is 0.419 e. The average Bonchev–Trinajstić information content (AvgIpc) is 2.71. The van der Waals surface area contributed by atoms with Gasteiger partial charge < -0.3 is 9.73 Å². The van der Waals surface area contributed by atoms with Crippen molar-refractivity contribution in [1.82, 2.24) is 15.5 Å². The molecule has 0 unspecified atom stereocenters. The minimum Gasteiger partial charge on any atom is -0.419 e. The van der Waals surface area contributed by atoms with Gasteiger partial charge in [-0.2, -0.15) is 0 Å². The maximum atomic E-state index is 5.51. The first-order valence-electron chi connectivity index (χ1n) is 4.63. The highest BCUT2D eigenvalue weighted by atomic mass is 79.9. The minimum atomic E-state index is 0.512. The van der Waals surface area contributed by atoms with E-state index >= 15 is 0 Å². The lowest BCUT2D eigenvalue weighted by Gasteiger charge is -1.99. The molecule has 84 valence electrons. The zero-order valence-corrected chi connectivity index (χ0v) is 11.7. The molecule has 0 aliphatic heterocycles. The van der Waals surface area contributed by atoms with Gasteiger partial charge >= 0.3 is 0 Å². The molecule has 1 heterocycles. The van der Waals surface area contributed by atoms with Crippen molar-refractivity contribution in [3.8, 4) is 11.5 Å². The summed E-state index contributed by atoms with van der Waals surface area (Å²) in [4.78, 5) is 0. The first-order valence-corrected chi connectivity index (χ1v) is 6.21. The predicted octanol–water partition coefficient (Wildman–Crippen LogP) is 2.98. The van der Waals surface area contributed by atoms with Crippen molar-refractivity contribution in [2.45, 2.75) is 6.54 Å². The molecule has 2 rings (SSSR count). The topological polar surface area (TPSA) is 51.0 Å². The zero-order valence-electron chi connectivity index (χ0n) is 8.50. The summed E-state index contributed by atoms with van der Waals surface area (Å²) in [6, 6.07) is 5.81. The normalized spacial score (nSPS) is 10.7.